The molecule has 0 atom stereocenters. The second-order valence-corrected chi connectivity index (χ2v) is 10.1. The van der Waals surface area contributed by atoms with Crippen LogP contribution in [-0.4, -0.2) is 37.9 Å². The molecule has 0 bridgehead atoms. The van der Waals surface area contributed by atoms with Crippen LogP contribution in [0.2, 0.25) is 0 Å². The molecule has 0 aliphatic carbocycles. The standard InChI is InChI=1S/C21H21FN2O5S2/c1-2-8-24-16-12-17-18(29-10-9-28-17)13-19(16)30-21(24)23-20(25)7-11-31(26,27)15-5-3-14(22)4-6-15/h3-6,12-13H,2,7-11H2,1H3. The van der Waals surface area contributed by atoms with Gasteiger partial charge in [0.25, 0.3) is 0 Å². The summed E-state index contributed by atoms with van der Waals surface area (Å²) in [5, 5.41) is 0. The second kappa shape index (κ2) is 8.80. The molecule has 4 rings (SSSR count). The highest BCUT2D eigenvalue weighted by atomic mass is 32.2. The summed E-state index contributed by atoms with van der Waals surface area (Å²) in [6.07, 6.45) is 0.573. The van der Waals surface area contributed by atoms with Crippen molar-refractivity contribution in [2.75, 3.05) is 19.0 Å². The highest BCUT2D eigenvalue weighted by molar-refractivity contribution is 7.91. The fourth-order valence-corrected chi connectivity index (χ4v) is 5.59. The smallest absolute Gasteiger partial charge is 0.249 e. The molecule has 2 aromatic carbocycles. The van der Waals surface area contributed by atoms with Crippen LogP contribution in [0.5, 0.6) is 11.5 Å². The lowest BCUT2D eigenvalue weighted by molar-refractivity contribution is -0.117. The first-order valence-corrected chi connectivity index (χ1v) is 12.3. The first-order chi connectivity index (χ1) is 14.9. The summed E-state index contributed by atoms with van der Waals surface area (Å²) in [5.41, 5.74) is 0.890. The third-order valence-corrected chi connectivity index (χ3v) is 7.54. The van der Waals surface area contributed by atoms with Crippen molar-refractivity contribution in [1.29, 1.82) is 0 Å². The molecule has 0 saturated carbocycles. The van der Waals surface area contributed by atoms with Gasteiger partial charge in [-0.25, -0.2) is 12.8 Å². The number of hydrogen-bond donors (Lipinski definition) is 0. The Hall–Kier alpha value is -2.72. The Morgan fingerprint density at radius 1 is 1.16 bits per heavy atom. The van der Waals surface area contributed by atoms with E-state index in [4.69, 9.17) is 9.47 Å². The molecule has 0 fully saturated rings. The van der Waals surface area contributed by atoms with Crippen LogP contribution in [0.1, 0.15) is 19.8 Å². The first kappa shape index (κ1) is 21.5. The Bertz CT molecular complexity index is 1290. The molecule has 7 nitrogen and oxygen atoms in total. The maximum atomic E-state index is 13.0. The fraction of sp³-hybridized carbons (Fsp3) is 0.333. The molecule has 0 unspecified atom stereocenters. The van der Waals surface area contributed by atoms with Gasteiger partial charge in [0.15, 0.2) is 26.1 Å². The van der Waals surface area contributed by atoms with E-state index in [0.717, 1.165) is 28.8 Å². The number of hydrogen-bond acceptors (Lipinski definition) is 6. The molecular formula is C21H21FN2O5S2. The van der Waals surface area contributed by atoms with Crippen LogP contribution in [0.4, 0.5) is 4.39 Å². The molecule has 0 N–H and O–H groups in total. The highest BCUT2D eigenvalue weighted by Crippen LogP contribution is 2.35. The third-order valence-electron chi connectivity index (χ3n) is 4.77. The fourth-order valence-electron chi connectivity index (χ4n) is 3.28. The first-order valence-electron chi connectivity index (χ1n) is 9.86. The quantitative estimate of drug-likeness (QED) is 0.523. The van der Waals surface area contributed by atoms with E-state index in [2.05, 4.69) is 4.99 Å². The Labute approximate surface area is 182 Å². The Balaban J connectivity index is 1.61. The zero-order valence-electron chi connectivity index (χ0n) is 16.8. The maximum absolute atomic E-state index is 13.0. The molecule has 1 aliphatic rings. The summed E-state index contributed by atoms with van der Waals surface area (Å²) < 4.78 is 52.0. The van der Waals surface area contributed by atoms with Gasteiger partial charge in [-0.15, -0.1) is 0 Å². The highest BCUT2D eigenvalue weighted by Gasteiger charge is 2.18. The second-order valence-electron chi connectivity index (χ2n) is 7.03. The lowest BCUT2D eigenvalue weighted by Crippen LogP contribution is -2.18. The van der Waals surface area contributed by atoms with Gasteiger partial charge in [-0.1, -0.05) is 18.3 Å². The van der Waals surface area contributed by atoms with Gasteiger partial charge in [-0.05, 0) is 30.7 Å². The van der Waals surface area contributed by atoms with Crippen LogP contribution in [-0.2, 0) is 21.2 Å². The van der Waals surface area contributed by atoms with Crippen molar-refractivity contribution in [1.82, 2.24) is 4.57 Å². The van der Waals surface area contributed by atoms with E-state index in [-0.39, 0.29) is 11.3 Å². The van der Waals surface area contributed by atoms with Crippen molar-refractivity contribution < 1.29 is 27.1 Å². The molecule has 3 aromatic rings. The lowest BCUT2D eigenvalue weighted by atomic mass is 10.2. The van der Waals surface area contributed by atoms with Crippen LogP contribution < -0.4 is 14.3 Å². The number of fused-ring (bicyclic) bond motifs is 2. The van der Waals surface area contributed by atoms with Crippen molar-refractivity contribution in [3.8, 4) is 11.5 Å². The van der Waals surface area contributed by atoms with Crippen LogP contribution in [0, 0.1) is 5.82 Å². The number of thiazole rings is 1. The van der Waals surface area contributed by atoms with Gasteiger partial charge in [-0.2, -0.15) is 4.99 Å². The van der Waals surface area contributed by atoms with E-state index in [1.165, 1.54) is 23.5 Å². The average molecular weight is 465 g/mol. The molecule has 1 aliphatic heterocycles. The number of halogens is 1. The molecule has 164 valence electrons. The molecule has 0 saturated heterocycles. The molecule has 0 radical (unpaired) electrons. The lowest BCUT2D eigenvalue weighted by Gasteiger charge is -2.18. The number of ether oxygens (including phenoxy) is 2. The molecule has 31 heavy (non-hydrogen) atoms. The van der Waals surface area contributed by atoms with Crippen molar-refractivity contribution in [3.63, 3.8) is 0 Å². The number of sulfone groups is 1. The van der Waals surface area contributed by atoms with Crippen molar-refractivity contribution in [2.24, 2.45) is 4.99 Å². The summed E-state index contributed by atoms with van der Waals surface area (Å²) >= 11 is 1.35. The number of nitrogens with zero attached hydrogens (tertiary/aromatic N) is 2. The van der Waals surface area contributed by atoms with Gasteiger partial charge in [0, 0.05) is 25.1 Å². The molecule has 0 spiro atoms. The Kier molecular flexibility index (Phi) is 6.10. The molecule has 2 heterocycles. The van der Waals surface area contributed by atoms with Crippen molar-refractivity contribution in [3.05, 3.63) is 47.0 Å². The zero-order chi connectivity index (χ0) is 22.0. The van der Waals surface area contributed by atoms with Gasteiger partial charge in [0.1, 0.15) is 19.0 Å². The minimum atomic E-state index is -3.70. The van der Waals surface area contributed by atoms with E-state index in [0.29, 0.717) is 36.1 Å². The maximum Gasteiger partial charge on any atom is 0.249 e. The van der Waals surface area contributed by atoms with Crippen molar-refractivity contribution >= 4 is 37.3 Å². The van der Waals surface area contributed by atoms with Crippen LogP contribution >= 0.6 is 11.3 Å². The van der Waals surface area contributed by atoms with E-state index >= 15 is 0 Å². The molecule has 1 amide bonds. The normalized spacial score (nSPS) is 14.2. The minimum Gasteiger partial charge on any atom is -0.486 e. The van der Waals surface area contributed by atoms with Gasteiger partial charge < -0.3 is 14.0 Å². The van der Waals surface area contributed by atoms with Gasteiger partial charge in [0.05, 0.1) is 20.9 Å². The van der Waals surface area contributed by atoms with E-state index < -0.39 is 27.3 Å². The summed E-state index contributed by atoms with van der Waals surface area (Å²) in [7, 11) is -3.70. The number of carbonyl (C=O) groups excluding carboxylic acids is 1. The van der Waals surface area contributed by atoms with Gasteiger partial charge in [-0.3, -0.25) is 4.79 Å². The van der Waals surface area contributed by atoms with Gasteiger partial charge in [0.2, 0.25) is 5.91 Å². The number of amides is 1. The summed E-state index contributed by atoms with van der Waals surface area (Å²) in [5.74, 6) is -0.126. The number of benzene rings is 2. The van der Waals surface area contributed by atoms with Crippen LogP contribution in [0.15, 0.2) is 46.3 Å². The topological polar surface area (TPSA) is 87.0 Å². The Morgan fingerprint density at radius 3 is 2.52 bits per heavy atom. The summed E-state index contributed by atoms with van der Waals surface area (Å²) in [6.45, 7) is 3.64. The summed E-state index contributed by atoms with van der Waals surface area (Å²) in [6, 6.07) is 8.31. The van der Waals surface area contributed by atoms with E-state index in [9.17, 15) is 17.6 Å². The average Bonchev–Trinajstić information content (AvgIpc) is 3.07. The van der Waals surface area contributed by atoms with Gasteiger partial charge >= 0.3 is 0 Å². The van der Waals surface area contributed by atoms with Crippen molar-refractivity contribution in [2.45, 2.75) is 31.2 Å². The van der Waals surface area contributed by atoms with Crippen LogP contribution in [0.25, 0.3) is 10.2 Å². The zero-order valence-corrected chi connectivity index (χ0v) is 18.5. The predicted octanol–water partition coefficient (Wildman–Crippen LogP) is 3.31. The largest absolute Gasteiger partial charge is 0.486 e. The minimum absolute atomic E-state index is 0.0183. The molecule has 10 heteroatoms. The SMILES string of the molecule is CCCn1c(=NC(=O)CCS(=O)(=O)c2ccc(F)cc2)sc2cc3c(cc21)OCCO3. The Morgan fingerprint density at radius 2 is 1.84 bits per heavy atom. The molecule has 1 aromatic heterocycles. The third kappa shape index (κ3) is 4.64. The number of carbonyl (C=O) groups is 1. The number of rotatable bonds is 6. The number of aromatic nitrogens is 1. The predicted molar refractivity (Wildman–Crippen MR) is 115 cm³/mol. The van der Waals surface area contributed by atoms with Crippen LogP contribution in [0.3, 0.4) is 0 Å². The monoisotopic (exact) mass is 464 g/mol. The van der Waals surface area contributed by atoms with E-state index in [1.54, 1.807) is 0 Å². The summed E-state index contributed by atoms with van der Waals surface area (Å²) in [4.78, 5) is 17.2. The van der Waals surface area contributed by atoms with E-state index in [1.807, 2.05) is 23.6 Å². The number of aryl methyl sites for hydroxylation is 1. The molecular weight excluding hydrogens is 443 g/mol.